The molecule has 104 valence electrons. The van der Waals surface area contributed by atoms with Crippen LogP contribution in [0.2, 0.25) is 0 Å². The fourth-order valence-corrected chi connectivity index (χ4v) is 5.26. The highest BCUT2D eigenvalue weighted by atomic mass is 127. The standard InChI is InChI=1S/C16H15IO3/c17-13-7-15(8-18)11(10-4-2-1-3-5-10)6-12(13)16(9-20-16)14(15)19/h1-5,7,11-12,18H,6,8-9H2/t11?,12?,15-,16+/m1/s1. The molecule has 4 aliphatic rings. The number of benzene rings is 1. The van der Waals surface area contributed by atoms with Crippen molar-refractivity contribution in [3.8, 4) is 0 Å². The molecule has 4 atom stereocenters. The summed E-state index contributed by atoms with van der Waals surface area (Å²) < 4.78 is 6.73. The maximum atomic E-state index is 12.9. The third-order valence-electron chi connectivity index (χ3n) is 5.11. The molecule has 1 aliphatic heterocycles. The van der Waals surface area contributed by atoms with E-state index in [9.17, 15) is 9.90 Å². The third-order valence-corrected chi connectivity index (χ3v) is 6.17. The first-order valence-corrected chi connectivity index (χ1v) is 7.95. The molecule has 1 N–H and O–H groups in total. The Morgan fingerprint density at radius 2 is 2.00 bits per heavy atom. The van der Waals surface area contributed by atoms with Crippen LogP contribution in [0, 0.1) is 11.3 Å². The lowest BCUT2D eigenvalue weighted by Crippen LogP contribution is -2.58. The molecular formula is C16H15IO3. The van der Waals surface area contributed by atoms with Crippen LogP contribution in [0.5, 0.6) is 0 Å². The minimum Gasteiger partial charge on any atom is -0.395 e. The van der Waals surface area contributed by atoms with Gasteiger partial charge in [-0.05, 0) is 38.2 Å². The number of epoxide rings is 1. The van der Waals surface area contributed by atoms with Gasteiger partial charge in [-0.2, -0.15) is 0 Å². The summed E-state index contributed by atoms with van der Waals surface area (Å²) in [4.78, 5) is 12.9. The molecule has 5 rings (SSSR count). The van der Waals surface area contributed by atoms with E-state index in [1.54, 1.807) is 0 Å². The van der Waals surface area contributed by atoms with E-state index in [-0.39, 0.29) is 24.2 Å². The fraction of sp³-hybridized carbons (Fsp3) is 0.438. The Labute approximate surface area is 131 Å². The summed E-state index contributed by atoms with van der Waals surface area (Å²) in [7, 11) is 0. The van der Waals surface area contributed by atoms with Crippen molar-refractivity contribution in [1.29, 1.82) is 0 Å². The zero-order chi connectivity index (χ0) is 14.0. The molecule has 1 heterocycles. The Hall–Kier alpha value is -0.720. The van der Waals surface area contributed by atoms with Gasteiger partial charge in [0.15, 0.2) is 11.4 Å². The van der Waals surface area contributed by atoms with Crippen molar-refractivity contribution >= 4 is 28.4 Å². The average Bonchev–Trinajstić information content (AvgIpc) is 3.26. The lowest BCUT2D eigenvalue weighted by Gasteiger charge is -2.50. The summed E-state index contributed by atoms with van der Waals surface area (Å²) in [6, 6.07) is 10.1. The molecule has 0 aromatic heterocycles. The predicted octanol–water partition coefficient (Wildman–Crippen LogP) is 2.44. The summed E-state index contributed by atoms with van der Waals surface area (Å²) in [6.07, 6.45) is 2.87. The SMILES string of the molecule is O=C1[C@@]2(CO)C=C(I)C(CC2c2ccccc2)[C@@]12CO2. The topological polar surface area (TPSA) is 49.8 Å². The number of Topliss-reactive ketones (excluding diaryl/α,β-unsaturated/α-hetero) is 1. The number of carbonyl (C=O) groups is 1. The molecule has 1 aromatic carbocycles. The van der Waals surface area contributed by atoms with Crippen molar-refractivity contribution in [2.45, 2.75) is 17.9 Å². The van der Waals surface area contributed by atoms with Gasteiger partial charge in [0.25, 0.3) is 0 Å². The lowest BCUT2D eigenvalue weighted by molar-refractivity contribution is -0.142. The van der Waals surface area contributed by atoms with Crippen molar-refractivity contribution in [2.75, 3.05) is 13.2 Å². The van der Waals surface area contributed by atoms with Crippen LogP contribution in [0.15, 0.2) is 40.0 Å². The minimum absolute atomic E-state index is 0.0551. The van der Waals surface area contributed by atoms with Gasteiger partial charge in [-0.1, -0.05) is 36.4 Å². The van der Waals surface area contributed by atoms with Crippen LogP contribution in [0.1, 0.15) is 17.9 Å². The number of ketones is 1. The van der Waals surface area contributed by atoms with Gasteiger partial charge in [0.1, 0.15) is 0 Å². The first-order chi connectivity index (χ1) is 9.64. The van der Waals surface area contributed by atoms with Gasteiger partial charge in [-0.25, -0.2) is 0 Å². The summed E-state index contributed by atoms with van der Waals surface area (Å²) in [5.74, 6) is 0.298. The zero-order valence-corrected chi connectivity index (χ0v) is 13.0. The molecule has 2 bridgehead atoms. The van der Waals surface area contributed by atoms with E-state index in [1.165, 1.54) is 3.58 Å². The normalized spacial score (nSPS) is 41.9. The van der Waals surface area contributed by atoms with Crippen LogP contribution in [-0.2, 0) is 9.53 Å². The van der Waals surface area contributed by atoms with E-state index in [1.807, 2.05) is 24.3 Å². The number of aliphatic hydroxyl groups is 1. The van der Waals surface area contributed by atoms with Crippen LogP contribution < -0.4 is 0 Å². The first-order valence-electron chi connectivity index (χ1n) is 6.87. The maximum absolute atomic E-state index is 12.9. The van der Waals surface area contributed by atoms with Crippen LogP contribution in [0.4, 0.5) is 0 Å². The molecule has 1 aromatic rings. The number of rotatable bonds is 2. The zero-order valence-electron chi connectivity index (χ0n) is 10.9. The second kappa shape index (κ2) is 4.15. The largest absolute Gasteiger partial charge is 0.395 e. The van der Waals surface area contributed by atoms with Crippen molar-refractivity contribution in [2.24, 2.45) is 11.3 Å². The number of hydrogen-bond acceptors (Lipinski definition) is 3. The van der Waals surface area contributed by atoms with Crippen LogP contribution in [0.3, 0.4) is 0 Å². The van der Waals surface area contributed by atoms with Gasteiger partial charge in [0.2, 0.25) is 0 Å². The van der Waals surface area contributed by atoms with E-state index in [0.717, 1.165) is 12.0 Å². The summed E-state index contributed by atoms with van der Waals surface area (Å²) in [6.45, 7) is 0.371. The highest BCUT2D eigenvalue weighted by Crippen LogP contribution is 2.63. The number of halogens is 1. The molecule has 1 spiro atoms. The number of carbonyl (C=O) groups excluding carboxylic acids is 1. The van der Waals surface area contributed by atoms with Crippen LogP contribution >= 0.6 is 22.6 Å². The number of ether oxygens (including phenoxy) is 1. The Morgan fingerprint density at radius 3 is 2.60 bits per heavy atom. The monoisotopic (exact) mass is 382 g/mol. The van der Waals surface area contributed by atoms with Crippen molar-refractivity contribution in [3.63, 3.8) is 0 Å². The molecule has 3 nitrogen and oxygen atoms in total. The van der Waals surface area contributed by atoms with Crippen LogP contribution in [0.25, 0.3) is 0 Å². The van der Waals surface area contributed by atoms with E-state index in [2.05, 4.69) is 34.7 Å². The number of aliphatic hydroxyl groups excluding tert-OH is 1. The summed E-state index contributed by atoms with van der Waals surface area (Å²) in [5, 5.41) is 10.0. The smallest absolute Gasteiger partial charge is 0.180 e. The third kappa shape index (κ3) is 1.45. The summed E-state index contributed by atoms with van der Waals surface area (Å²) >= 11 is 2.30. The molecule has 2 unspecified atom stereocenters. The van der Waals surface area contributed by atoms with E-state index in [0.29, 0.717) is 6.61 Å². The Kier molecular flexibility index (Phi) is 2.69. The highest BCUT2D eigenvalue weighted by molar-refractivity contribution is 14.1. The fourth-order valence-electron chi connectivity index (χ4n) is 3.95. The molecular weight excluding hydrogens is 367 g/mol. The summed E-state index contributed by atoms with van der Waals surface area (Å²) in [5.41, 5.74) is -0.293. The molecule has 3 aliphatic carbocycles. The first kappa shape index (κ1) is 13.0. The molecule has 20 heavy (non-hydrogen) atoms. The van der Waals surface area contributed by atoms with Gasteiger partial charge in [0.05, 0.1) is 18.6 Å². The Morgan fingerprint density at radius 1 is 1.30 bits per heavy atom. The average molecular weight is 382 g/mol. The predicted molar refractivity (Wildman–Crippen MR) is 82.6 cm³/mol. The van der Waals surface area contributed by atoms with Crippen molar-refractivity contribution in [1.82, 2.24) is 0 Å². The van der Waals surface area contributed by atoms with Crippen molar-refractivity contribution in [3.05, 3.63) is 45.6 Å². The molecule has 0 amide bonds. The Balaban J connectivity index is 1.87. The van der Waals surface area contributed by atoms with Gasteiger partial charge < -0.3 is 9.84 Å². The molecule has 0 radical (unpaired) electrons. The van der Waals surface area contributed by atoms with Gasteiger partial charge in [-0.15, -0.1) is 0 Å². The molecule has 4 heteroatoms. The maximum Gasteiger partial charge on any atom is 0.180 e. The van der Waals surface area contributed by atoms with Crippen molar-refractivity contribution < 1.29 is 14.6 Å². The molecule has 2 fully saturated rings. The van der Waals surface area contributed by atoms with Gasteiger partial charge in [-0.3, -0.25) is 4.79 Å². The highest BCUT2D eigenvalue weighted by Gasteiger charge is 2.71. The Bertz CT molecular complexity index is 605. The molecule has 1 saturated carbocycles. The lowest BCUT2D eigenvalue weighted by atomic mass is 9.53. The second-order valence-corrected chi connectivity index (χ2v) is 7.23. The quantitative estimate of drug-likeness (QED) is 0.632. The van der Waals surface area contributed by atoms with E-state index < -0.39 is 11.0 Å². The number of hydrogen-bond donors (Lipinski definition) is 1. The minimum atomic E-state index is -0.802. The number of fused-ring (bicyclic) bond motifs is 1. The van der Waals surface area contributed by atoms with Gasteiger partial charge in [0, 0.05) is 11.8 Å². The molecule has 1 saturated heterocycles. The van der Waals surface area contributed by atoms with Gasteiger partial charge >= 0.3 is 0 Å². The second-order valence-electron chi connectivity index (χ2n) is 5.99. The van der Waals surface area contributed by atoms with E-state index >= 15 is 0 Å². The van der Waals surface area contributed by atoms with E-state index in [4.69, 9.17) is 4.74 Å². The van der Waals surface area contributed by atoms with Crippen LogP contribution in [-0.4, -0.2) is 29.7 Å².